The third-order valence-corrected chi connectivity index (χ3v) is 4.64. The Hall–Kier alpha value is -2.67. The third kappa shape index (κ3) is 4.24. The molecular formula is C18H19N3O3S. The molecule has 2 heterocycles. The van der Waals surface area contributed by atoms with E-state index in [1.54, 1.807) is 6.20 Å². The first-order valence-corrected chi connectivity index (χ1v) is 8.97. The maximum absolute atomic E-state index is 12.2. The summed E-state index contributed by atoms with van der Waals surface area (Å²) in [5, 5.41) is 9.52. The second kappa shape index (κ2) is 7.94. The topological polar surface area (TPSA) is 73.2 Å². The molecule has 0 aliphatic rings. The summed E-state index contributed by atoms with van der Waals surface area (Å²) in [6, 6.07) is 9.64. The minimum Gasteiger partial charge on any atom is -0.494 e. The lowest BCUT2D eigenvalue weighted by Gasteiger charge is -2.08. The van der Waals surface area contributed by atoms with Crippen molar-refractivity contribution in [2.45, 2.75) is 19.9 Å². The highest BCUT2D eigenvalue weighted by atomic mass is 32.1. The number of thiophene rings is 1. The van der Waals surface area contributed by atoms with Gasteiger partial charge in [-0.15, -0.1) is 11.3 Å². The molecule has 6 nitrogen and oxygen atoms in total. The summed E-state index contributed by atoms with van der Waals surface area (Å²) < 4.78 is 7.22. The van der Waals surface area contributed by atoms with Crippen LogP contribution in [0.4, 0.5) is 0 Å². The highest BCUT2D eigenvalue weighted by Gasteiger charge is 2.09. The lowest BCUT2D eigenvalue weighted by atomic mass is 10.1. The van der Waals surface area contributed by atoms with Crippen LogP contribution in [0.2, 0.25) is 0 Å². The number of fused-ring (bicyclic) bond motifs is 1. The number of nitrogens with one attached hydrogen (secondary N) is 1. The van der Waals surface area contributed by atoms with E-state index in [2.05, 4.69) is 10.4 Å². The van der Waals surface area contributed by atoms with Crippen LogP contribution in [0, 0.1) is 0 Å². The lowest BCUT2D eigenvalue weighted by Crippen LogP contribution is -2.34. The number of hydrogen-bond donors (Lipinski definition) is 1. The van der Waals surface area contributed by atoms with Crippen molar-refractivity contribution in [3.05, 3.63) is 57.8 Å². The Morgan fingerprint density at radius 2 is 2.08 bits per heavy atom. The van der Waals surface area contributed by atoms with Gasteiger partial charge in [-0.1, -0.05) is 12.1 Å². The first kappa shape index (κ1) is 17.2. The average molecular weight is 357 g/mol. The lowest BCUT2D eigenvalue weighted by molar-refractivity contribution is -0.121. The molecule has 1 N–H and O–H groups in total. The van der Waals surface area contributed by atoms with Crippen LogP contribution in [0.1, 0.15) is 12.5 Å². The van der Waals surface area contributed by atoms with Crippen molar-refractivity contribution in [3.63, 3.8) is 0 Å². The van der Waals surface area contributed by atoms with Crippen LogP contribution >= 0.6 is 11.3 Å². The number of nitrogens with zero attached hydrogens (tertiary/aromatic N) is 2. The van der Waals surface area contributed by atoms with Crippen molar-refractivity contribution in [1.29, 1.82) is 0 Å². The normalized spacial score (nSPS) is 10.8. The predicted molar refractivity (Wildman–Crippen MR) is 98.2 cm³/mol. The van der Waals surface area contributed by atoms with Gasteiger partial charge in [-0.25, -0.2) is 4.68 Å². The fraction of sp³-hybridized carbons (Fsp3) is 0.278. The molecule has 0 atom stereocenters. The molecule has 0 aliphatic heterocycles. The van der Waals surface area contributed by atoms with Gasteiger partial charge in [-0.2, -0.15) is 5.10 Å². The highest BCUT2D eigenvalue weighted by Crippen LogP contribution is 2.14. The molecule has 3 aromatic rings. The van der Waals surface area contributed by atoms with E-state index in [0.717, 1.165) is 16.7 Å². The van der Waals surface area contributed by atoms with Crippen LogP contribution in [-0.4, -0.2) is 28.8 Å². The summed E-state index contributed by atoms with van der Waals surface area (Å²) in [5.41, 5.74) is 0.883. The van der Waals surface area contributed by atoms with Gasteiger partial charge in [0.1, 0.15) is 17.0 Å². The minimum atomic E-state index is -0.228. The van der Waals surface area contributed by atoms with E-state index < -0.39 is 0 Å². The van der Waals surface area contributed by atoms with E-state index in [-0.39, 0.29) is 18.0 Å². The van der Waals surface area contributed by atoms with Crippen LogP contribution in [0.5, 0.6) is 5.75 Å². The third-order valence-electron chi connectivity index (χ3n) is 3.72. The molecule has 0 saturated heterocycles. The van der Waals surface area contributed by atoms with Gasteiger partial charge >= 0.3 is 0 Å². The Morgan fingerprint density at radius 1 is 1.28 bits per heavy atom. The van der Waals surface area contributed by atoms with Crippen LogP contribution in [-0.2, 0) is 17.8 Å². The number of hydrogen-bond acceptors (Lipinski definition) is 5. The van der Waals surface area contributed by atoms with Crippen molar-refractivity contribution in [2.75, 3.05) is 13.2 Å². The van der Waals surface area contributed by atoms with Crippen LogP contribution < -0.4 is 15.6 Å². The molecule has 0 radical (unpaired) electrons. The molecule has 7 heteroatoms. The summed E-state index contributed by atoms with van der Waals surface area (Å²) in [6.07, 6.45) is 2.32. The molecule has 25 heavy (non-hydrogen) atoms. The van der Waals surface area contributed by atoms with Crippen molar-refractivity contribution < 1.29 is 9.53 Å². The number of carbonyl (C=O) groups excluding carboxylic acids is 1. The zero-order valence-electron chi connectivity index (χ0n) is 13.9. The fourth-order valence-corrected chi connectivity index (χ4v) is 3.28. The minimum absolute atomic E-state index is 0.0735. The average Bonchev–Trinajstić information content (AvgIpc) is 3.09. The molecule has 1 amide bonds. The number of aromatic nitrogens is 2. The maximum atomic E-state index is 12.2. The summed E-state index contributed by atoms with van der Waals surface area (Å²) in [4.78, 5) is 24.3. The SMILES string of the molecule is CCOc1ccc(CCNC(=O)Cn2ncc3ccsc3c2=O)cc1. The molecule has 130 valence electrons. The Morgan fingerprint density at radius 3 is 2.84 bits per heavy atom. The van der Waals surface area contributed by atoms with E-state index in [9.17, 15) is 9.59 Å². The molecular weight excluding hydrogens is 338 g/mol. The summed E-state index contributed by atoms with van der Waals surface area (Å²) in [7, 11) is 0. The van der Waals surface area contributed by atoms with E-state index in [1.807, 2.05) is 42.6 Å². The second-order valence-electron chi connectivity index (χ2n) is 5.49. The summed E-state index contributed by atoms with van der Waals surface area (Å²) in [6.45, 7) is 3.01. The van der Waals surface area contributed by atoms with Gasteiger partial charge in [-0.3, -0.25) is 9.59 Å². The van der Waals surface area contributed by atoms with E-state index in [1.165, 1.54) is 16.0 Å². The molecule has 3 rings (SSSR count). The largest absolute Gasteiger partial charge is 0.494 e. The summed E-state index contributed by atoms with van der Waals surface area (Å²) >= 11 is 1.36. The number of carbonyl (C=O) groups is 1. The van der Waals surface area contributed by atoms with E-state index in [4.69, 9.17) is 4.74 Å². The molecule has 0 aliphatic carbocycles. The van der Waals surface area contributed by atoms with Crippen molar-refractivity contribution in [1.82, 2.24) is 15.1 Å². The number of rotatable bonds is 7. The maximum Gasteiger partial charge on any atom is 0.285 e. The van der Waals surface area contributed by atoms with Crippen LogP contribution in [0.3, 0.4) is 0 Å². The Labute approximate surface area is 149 Å². The van der Waals surface area contributed by atoms with Crippen molar-refractivity contribution >= 4 is 27.3 Å². The van der Waals surface area contributed by atoms with Gasteiger partial charge in [0.2, 0.25) is 5.91 Å². The van der Waals surface area contributed by atoms with Gasteiger partial charge in [-0.05, 0) is 42.5 Å². The first-order chi connectivity index (χ1) is 12.2. The van der Waals surface area contributed by atoms with Crippen molar-refractivity contribution in [3.8, 4) is 5.75 Å². The highest BCUT2D eigenvalue weighted by molar-refractivity contribution is 7.17. The number of benzene rings is 1. The fourth-order valence-electron chi connectivity index (χ4n) is 2.47. The predicted octanol–water partition coefficient (Wildman–Crippen LogP) is 2.22. The molecule has 0 saturated carbocycles. The Bertz CT molecular complexity index is 915. The standard InChI is InChI=1S/C18H19N3O3S/c1-2-24-15-5-3-13(4-6-15)7-9-19-16(22)12-21-18(23)17-14(11-20-21)8-10-25-17/h3-6,8,10-11H,2,7,9,12H2,1H3,(H,19,22). The zero-order valence-corrected chi connectivity index (χ0v) is 14.7. The van der Waals surface area contributed by atoms with Gasteiger partial charge < -0.3 is 10.1 Å². The summed E-state index contributed by atoms with van der Waals surface area (Å²) in [5.74, 6) is 0.612. The number of ether oxygens (including phenoxy) is 1. The molecule has 0 bridgehead atoms. The van der Waals surface area contributed by atoms with E-state index in [0.29, 0.717) is 24.3 Å². The zero-order chi connectivity index (χ0) is 17.6. The number of amides is 1. The molecule has 0 fully saturated rings. The molecule has 2 aromatic heterocycles. The first-order valence-electron chi connectivity index (χ1n) is 8.09. The molecule has 0 spiro atoms. The smallest absolute Gasteiger partial charge is 0.285 e. The van der Waals surface area contributed by atoms with E-state index >= 15 is 0 Å². The van der Waals surface area contributed by atoms with Crippen LogP contribution in [0.25, 0.3) is 10.1 Å². The second-order valence-corrected chi connectivity index (χ2v) is 6.41. The molecule has 0 unspecified atom stereocenters. The Kier molecular flexibility index (Phi) is 5.45. The van der Waals surface area contributed by atoms with Gasteiger partial charge in [0, 0.05) is 11.9 Å². The quantitative estimate of drug-likeness (QED) is 0.704. The monoisotopic (exact) mass is 357 g/mol. The van der Waals surface area contributed by atoms with Gasteiger partial charge in [0.25, 0.3) is 5.56 Å². The van der Waals surface area contributed by atoms with Gasteiger partial charge in [0.15, 0.2) is 0 Å². The van der Waals surface area contributed by atoms with Crippen LogP contribution in [0.15, 0.2) is 46.7 Å². The Balaban J connectivity index is 1.52. The van der Waals surface area contributed by atoms with Crippen molar-refractivity contribution in [2.24, 2.45) is 0 Å². The van der Waals surface area contributed by atoms with Gasteiger partial charge in [0.05, 0.1) is 12.8 Å². The molecule has 1 aromatic carbocycles.